The highest BCUT2D eigenvalue weighted by molar-refractivity contribution is 9.10. The molecule has 204 valence electrons. The van der Waals surface area contributed by atoms with Gasteiger partial charge in [0.2, 0.25) is 0 Å². The molecule has 1 aromatic carbocycles. The number of nitrogens with one attached hydrogen (secondary N) is 1. The molecule has 1 aromatic rings. The first kappa shape index (κ1) is 32.5. The Kier molecular flexibility index (Phi) is 10.8. The lowest BCUT2D eigenvalue weighted by Gasteiger charge is -2.39. The molecular weight excluding hydrogens is 567 g/mol. The predicted octanol–water partition coefficient (Wildman–Crippen LogP) is 6.44. The Morgan fingerprint density at radius 3 is 2.28 bits per heavy atom. The van der Waals surface area contributed by atoms with Gasteiger partial charge in [0.15, 0.2) is 18.2 Å². The second-order valence-electron chi connectivity index (χ2n) is 11.7. The maximum Gasteiger partial charge on any atom is 0.408 e. The van der Waals surface area contributed by atoms with Crippen molar-refractivity contribution < 1.29 is 26.8 Å². The molecule has 0 saturated carbocycles. The van der Waals surface area contributed by atoms with E-state index in [0.717, 1.165) is 0 Å². The zero-order valence-corrected chi connectivity index (χ0v) is 26.2. The first-order chi connectivity index (χ1) is 16.2. The van der Waals surface area contributed by atoms with Crippen molar-refractivity contribution >= 4 is 40.2 Å². The van der Waals surface area contributed by atoms with E-state index in [-0.39, 0.29) is 17.0 Å². The van der Waals surface area contributed by atoms with Crippen LogP contribution in [0.4, 0.5) is 9.18 Å². The van der Waals surface area contributed by atoms with Gasteiger partial charge >= 0.3 is 6.09 Å². The number of nitriles is 1. The molecular formula is C25H40BrFN2O5SSi. The zero-order chi connectivity index (χ0) is 28.2. The molecule has 0 bridgehead atoms. The van der Waals surface area contributed by atoms with Crippen LogP contribution in [-0.4, -0.2) is 46.0 Å². The van der Waals surface area contributed by atoms with E-state index in [9.17, 15) is 18.5 Å². The number of carbonyl (C=O) groups is 1. The minimum atomic E-state index is -4.10. The van der Waals surface area contributed by atoms with Gasteiger partial charge in [-0.3, -0.25) is 0 Å². The number of halogens is 2. The minimum absolute atomic E-state index is 0.0223. The Bertz CT molecular complexity index is 1080. The Labute approximate surface area is 225 Å². The second kappa shape index (κ2) is 11.9. The summed E-state index contributed by atoms with van der Waals surface area (Å²) in [6, 6.07) is 5.83. The van der Waals surface area contributed by atoms with E-state index in [1.54, 1.807) is 26.8 Å². The number of nitrogens with zero attached hydrogens (tertiary/aromatic N) is 1. The van der Waals surface area contributed by atoms with E-state index in [1.807, 2.05) is 0 Å². The fraction of sp³-hybridized carbons (Fsp3) is 0.680. The van der Waals surface area contributed by atoms with E-state index in [2.05, 4.69) is 55.1 Å². The van der Waals surface area contributed by atoms with Gasteiger partial charge in [-0.05, 0) is 76.9 Å². The van der Waals surface area contributed by atoms with Crippen molar-refractivity contribution in [3.63, 3.8) is 0 Å². The lowest BCUT2D eigenvalue weighted by molar-refractivity contribution is 0.0454. The number of ether oxygens (including phenoxy) is 1. The molecule has 11 heteroatoms. The van der Waals surface area contributed by atoms with Gasteiger partial charge in [-0.25, -0.2) is 17.6 Å². The monoisotopic (exact) mass is 606 g/mol. The largest absolute Gasteiger partial charge is 0.444 e. The summed E-state index contributed by atoms with van der Waals surface area (Å²) in [4.78, 5) is 12.9. The Hall–Kier alpha value is -1.48. The molecule has 1 N–H and O–H groups in total. The van der Waals surface area contributed by atoms with Crippen molar-refractivity contribution in [3.8, 4) is 6.07 Å². The highest BCUT2D eigenvalue weighted by atomic mass is 79.9. The van der Waals surface area contributed by atoms with E-state index in [4.69, 9.17) is 9.16 Å². The quantitative estimate of drug-likeness (QED) is 0.243. The van der Waals surface area contributed by atoms with Crippen molar-refractivity contribution in [2.45, 2.75) is 95.8 Å². The topological polar surface area (TPSA) is 105 Å². The third kappa shape index (κ3) is 8.82. The molecule has 0 fully saturated rings. The van der Waals surface area contributed by atoms with Crippen LogP contribution in [0.15, 0.2) is 22.7 Å². The number of rotatable bonds is 10. The van der Waals surface area contributed by atoms with Gasteiger partial charge < -0.3 is 14.5 Å². The van der Waals surface area contributed by atoms with Crippen LogP contribution < -0.4 is 5.32 Å². The van der Waals surface area contributed by atoms with Crippen molar-refractivity contribution in [2.24, 2.45) is 0 Å². The summed E-state index contributed by atoms with van der Waals surface area (Å²) < 4.78 is 54.0. The number of carbonyl (C=O) groups excluding carboxylic acids is 1. The number of benzene rings is 1. The van der Waals surface area contributed by atoms with Gasteiger partial charge in [-0.15, -0.1) is 0 Å². The molecule has 2 atom stereocenters. The lowest BCUT2D eigenvalue weighted by atomic mass is 9.85. The maximum atomic E-state index is 15.2. The van der Waals surface area contributed by atoms with Gasteiger partial charge in [-0.1, -0.05) is 36.7 Å². The average molecular weight is 608 g/mol. The highest BCUT2D eigenvalue weighted by Crippen LogP contribution is 2.38. The van der Waals surface area contributed by atoms with Crippen LogP contribution in [0.1, 0.15) is 66.9 Å². The molecule has 0 aliphatic carbocycles. The second-order valence-corrected chi connectivity index (χ2v) is 19.6. The van der Waals surface area contributed by atoms with Gasteiger partial charge in [-0.2, -0.15) is 5.26 Å². The van der Waals surface area contributed by atoms with Crippen molar-refractivity contribution in [1.82, 2.24) is 5.32 Å². The SMILES string of the molecule is CC(C)(C)OC(=O)N[C@](C)(c1cc(Br)ccc1F)C(CCCO[Si](C)(C)C(C)(C)C)S(=O)(=O)CC#N. The molecule has 0 heterocycles. The normalized spacial score (nSPS) is 15.5. The summed E-state index contributed by atoms with van der Waals surface area (Å²) in [7, 11) is -6.17. The molecule has 0 aliphatic heterocycles. The molecule has 36 heavy (non-hydrogen) atoms. The minimum Gasteiger partial charge on any atom is -0.444 e. The van der Waals surface area contributed by atoms with E-state index < -0.39 is 52.2 Å². The van der Waals surface area contributed by atoms with Crippen LogP contribution in [0, 0.1) is 17.1 Å². The molecule has 1 rings (SSSR count). The van der Waals surface area contributed by atoms with Crippen molar-refractivity contribution in [1.29, 1.82) is 5.26 Å². The summed E-state index contributed by atoms with van der Waals surface area (Å²) >= 11 is 3.31. The number of alkyl carbamates (subject to hydrolysis) is 1. The summed E-state index contributed by atoms with van der Waals surface area (Å²) in [5.74, 6) is -1.46. The maximum absolute atomic E-state index is 15.2. The molecule has 1 unspecified atom stereocenters. The van der Waals surface area contributed by atoms with Crippen LogP contribution >= 0.6 is 15.9 Å². The molecule has 1 amide bonds. The van der Waals surface area contributed by atoms with Gasteiger partial charge in [0.05, 0.1) is 16.9 Å². The highest BCUT2D eigenvalue weighted by Gasteiger charge is 2.47. The van der Waals surface area contributed by atoms with Crippen LogP contribution in [0.5, 0.6) is 0 Å². The van der Waals surface area contributed by atoms with Crippen LogP contribution in [0.3, 0.4) is 0 Å². The van der Waals surface area contributed by atoms with E-state index in [1.165, 1.54) is 25.1 Å². The third-order valence-corrected chi connectivity index (χ3v) is 13.6. The molecule has 0 saturated heterocycles. The first-order valence-corrected chi connectivity index (χ1v) is 17.3. The summed E-state index contributed by atoms with van der Waals surface area (Å²) in [6.45, 7) is 17.3. The van der Waals surface area contributed by atoms with E-state index >= 15 is 4.39 Å². The van der Waals surface area contributed by atoms with Crippen molar-refractivity contribution in [3.05, 3.63) is 34.1 Å². The van der Waals surface area contributed by atoms with Crippen molar-refractivity contribution in [2.75, 3.05) is 12.4 Å². The third-order valence-electron chi connectivity index (χ3n) is 6.47. The van der Waals surface area contributed by atoms with Gasteiger partial charge in [0.1, 0.15) is 17.2 Å². The number of sulfone groups is 1. The summed E-state index contributed by atoms with van der Waals surface area (Å²) in [5, 5.41) is 10.5. The zero-order valence-electron chi connectivity index (χ0n) is 22.8. The van der Waals surface area contributed by atoms with Crippen LogP contribution in [-0.2, 0) is 24.5 Å². The Morgan fingerprint density at radius 2 is 1.78 bits per heavy atom. The lowest BCUT2D eigenvalue weighted by Crippen LogP contribution is -2.56. The number of hydrogen-bond acceptors (Lipinski definition) is 6. The van der Waals surface area contributed by atoms with Crippen LogP contribution in [0.25, 0.3) is 0 Å². The average Bonchev–Trinajstić information content (AvgIpc) is 2.66. The van der Waals surface area contributed by atoms with Gasteiger partial charge in [0, 0.05) is 16.6 Å². The molecule has 0 radical (unpaired) electrons. The molecule has 0 aromatic heterocycles. The molecule has 7 nitrogen and oxygen atoms in total. The Balaban J connectivity index is 3.52. The first-order valence-electron chi connectivity index (χ1n) is 11.9. The fourth-order valence-electron chi connectivity index (χ4n) is 3.56. The van der Waals surface area contributed by atoms with Crippen LogP contribution in [0.2, 0.25) is 18.1 Å². The summed E-state index contributed by atoms with van der Waals surface area (Å²) in [6.07, 6.45) is -0.515. The molecule has 0 aliphatic rings. The predicted molar refractivity (Wildman–Crippen MR) is 146 cm³/mol. The van der Waals surface area contributed by atoms with E-state index in [0.29, 0.717) is 17.5 Å². The standard InChI is InChI=1S/C25H40BrFN2O5SSi/c1-23(2,3)34-22(30)29-25(7,19-17-18(26)12-13-20(19)27)21(35(31,32)16-14-28)11-10-15-33-36(8,9)24(4,5)6/h12-13,17,21H,10-11,15-16H2,1-9H3,(H,29,30)/t21?,25-/m1/s1. The smallest absolute Gasteiger partial charge is 0.408 e. The number of hydrogen-bond donors (Lipinski definition) is 1. The van der Waals surface area contributed by atoms with Gasteiger partial charge in [0.25, 0.3) is 0 Å². The fourth-order valence-corrected chi connectivity index (χ4v) is 6.82. The Morgan fingerprint density at radius 1 is 1.19 bits per heavy atom. The molecule has 0 spiro atoms. The summed E-state index contributed by atoms with van der Waals surface area (Å²) in [5.41, 5.74) is -2.62. The number of amides is 1.